The van der Waals surface area contributed by atoms with Crippen LogP contribution in [0.15, 0.2) is 0 Å². The highest BCUT2D eigenvalue weighted by atomic mass is 16.4. The molecule has 1 aliphatic carbocycles. The maximum Gasteiger partial charge on any atom is 0.303 e. The van der Waals surface area contributed by atoms with Gasteiger partial charge in [0.2, 0.25) is 0 Å². The molecule has 1 aliphatic rings. The number of carboxylic acid groups (broad SMARTS) is 1. The largest absolute Gasteiger partial charge is 0.481 e. The molecule has 0 aromatic heterocycles. The topological polar surface area (TPSA) is 37.3 Å². The summed E-state index contributed by atoms with van der Waals surface area (Å²) in [6.07, 6.45) is 20.7. The van der Waals surface area contributed by atoms with Crippen molar-refractivity contribution in [2.75, 3.05) is 0 Å². The first-order chi connectivity index (χ1) is 9.79. The molecule has 0 heterocycles. The van der Waals surface area contributed by atoms with Crippen LogP contribution in [0.5, 0.6) is 0 Å². The number of rotatable bonds is 11. The fraction of sp³-hybridized carbons (Fsp3) is 0.944. The lowest BCUT2D eigenvalue weighted by Crippen LogP contribution is -1.98. The Kier molecular flexibility index (Phi) is 10.7. The molecule has 0 atom stereocenters. The molecule has 0 aromatic rings. The molecule has 0 aromatic carbocycles. The van der Waals surface area contributed by atoms with Crippen molar-refractivity contribution in [2.45, 2.75) is 103 Å². The number of unbranched alkanes of at least 4 members (excludes halogenated alkanes) is 7. The summed E-state index contributed by atoms with van der Waals surface area (Å²) in [5.41, 5.74) is 0. The molecule has 0 bridgehead atoms. The van der Waals surface area contributed by atoms with Gasteiger partial charge in [-0.25, -0.2) is 0 Å². The summed E-state index contributed by atoms with van der Waals surface area (Å²) in [6.45, 7) is 0. The van der Waals surface area contributed by atoms with Gasteiger partial charge in [0.1, 0.15) is 0 Å². The second kappa shape index (κ2) is 12.2. The monoisotopic (exact) mass is 284 g/mol. The van der Waals surface area contributed by atoms with E-state index in [9.17, 15) is 4.79 Å². The zero-order valence-electron chi connectivity index (χ0n) is 13.2. The highest BCUT2D eigenvalue weighted by molar-refractivity contribution is 5.66. The Labute approximate surface area is 125 Å². The third-order valence-corrected chi connectivity index (χ3v) is 4.73. The van der Waals surface area contributed by atoms with Crippen molar-refractivity contribution in [3.8, 4) is 0 Å². The summed E-state index contributed by atoms with van der Waals surface area (Å²) in [5.74, 6) is 0.386. The Morgan fingerprint density at radius 2 is 1.25 bits per heavy atom. The third-order valence-electron chi connectivity index (χ3n) is 4.73. The Hall–Kier alpha value is -0.530. The summed E-state index contributed by atoms with van der Waals surface area (Å²) in [4.78, 5) is 10.4. The first-order valence-electron chi connectivity index (χ1n) is 9.01. The minimum Gasteiger partial charge on any atom is -0.481 e. The van der Waals surface area contributed by atoms with E-state index < -0.39 is 5.97 Å². The number of aliphatic carboxylic acids is 1. The van der Waals surface area contributed by atoms with Crippen LogP contribution in [0.1, 0.15) is 103 Å². The van der Waals surface area contributed by atoms with Crippen LogP contribution in [0.3, 0.4) is 0 Å². The van der Waals surface area contributed by atoms with E-state index in [2.05, 4.69) is 0 Å². The van der Waals surface area contributed by atoms with Crippen molar-refractivity contribution in [2.24, 2.45) is 5.92 Å². The highest BCUT2D eigenvalue weighted by Crippen LogP contribution is 2.27. The normalized spacial score (nSPS) is 17.0. The first-order valence-corrected chi connectivity index (χ1v) is 9.01. The molecule has 0 amide bonds. The van der Waals surface area contributed by atoms with E-state index in [0.29, 0.717) is 6.42 Å². The Morgan fingerprint density at radius 1 is 0.750 bits per heavy atom. The van der Waals surface area contributed by atoms with Crippen LogP contribution >= 0.6 is 0 Å². The minimum absolute atomic E-state index is 0.349. The molecule has 1 saturated carbocycles. The van der Waals surface area contributed by atoms with Gasteiger partial charge in [0.15, 0.2) is 0 Å². The maximum absolute atomic E-state index is 10.4. The molecule has 0 saturated heterocycles. The molecule has 0 spiro atoms. The van der Waals surface area contributed by atoms with Crippen molar-refractivity contribution in [1.82, 2.24) is 0 Å². The van der Waals surface area contributed by atoms with Gasteiger partial charge in [0.25, 0.3) is 0 Å². The van der Waals surface area contributed by atoms with Gasteiger partial charge in [-0.3, -0.25) is 4.79 Å². The van der Waals surface area contributed by atoms with Gasteiger partial charge in [0, 0.05) is 6.42 Å². The lowest BCUT2D eigenvalue weighted by Gasteiger charge is -2.13. The number of hydrogen-bond acceptors (Lipinski definition) is 1. The van der Waals surface area contributed by atoms with Gasteiger partial charge in [-0.05, 0) is 12.3 Å². The van der Waals surface area contributed by atoms with E-state index in [1.54, 1.807) is 0 Å². The van der Waals surface area contributed by atoms with Gasteiger partial charge < -0.3 is 5.11 Å². The smallest absolute Gasteiger partial charge is 0.303 e. The zero-order valence-corrected chi connectivity index (χ0v) is 13.2. The van der Waals surface area contributed by atoms with E-state index in [1.165, 1.54) is 83.5 Å². The predicted molar refractivity (Wildman–Crippen MR) is 85.0 cm³/mol. The lowest BCUT2D eigenvalue weighted by atomic mass is 10.1. The molecule has 1 rings (SSSR count). The van der Waals surface area contributed by atoms with E-state index >= 15 is 0 Å². The predicted octanol–water partition coefficient (Wildman–Crippen LogP) is 5.94. The summed E-state index contributed by atoms with van der Waals surface area (Å²) >= 11 is 0. The fourth-order valence-corrected chi connectivity index (χ4v) is 3.42. The first kappa shape index (κ1) is 17.5. The molecule has 0 radical (unpaired) electrons. The maximum atomic E-state index is 10.4. The van der Waals surface area contributed by atoms with E-state index in [0.717, 1.165) is 18.8 Å². The van der Waals surface area contributed by atoms with Crippen LogP contribution in [0.2, 0.25) is 0 Å². The van der Waals surface area contributed by atoms with Crippen molar-refractivity contribution >= 4 is 5.97 Å². The quantitative estimate of drug-likeness (QED) is 0.289. The summed E-state index contributed by atoms with van der Waals surface area (Å²) in [6, 6.07) is 0. The molecule has 1 fully saturated rings. The van der Waals surface area contributed by atoms with Crippen LogP contribution in [-0.2, 0) is 4.79 Å². The molecule has 0 unspecified atom stereocenters. The van der Waals surface area contributed by atoms with E-state index in [4.69, 9.17) is 5.11 Å². The second-order valence-corrected chi connectivity index (χ2v) is 6.62. The number of hydrogen-bond donors (Lipinski definition) is 1. The van der Waals surface area contributed by atoms with E-state index in [1.807, 2.05) is 0 Å². The van der Waals surface area contributed by atoms with Crippen LogP contribution in [0.4, 0.5) is 0 Å². The second-order valence-electron chi connectivity index (χ2n) is 6.62. The van der Waals surface area contributed by atoms with Crippen LogP contribution in [-0.4, -0.2) is 11.1 Å². The summed E-state index contributed by atoms with van der Waals surface area (Å²) < 4.78 is 0. The van der Waals surface area contributed by atoms with Crippen molar-refractivity contribution in [3.63, 3.8) is 0 Å². The Bertz CT molecular complexity index is 230. The molecular weight excluding hydrogens is 250 g/mol. The van der Waals surface area contributed by atoms with Gasteiger partial charge in [-0.2, -0.15) is 0 Å². The fourth-order valence-electron chi connectivity index (χ4n) is 3.42. The van der Waals surface area contributed by atoms with Crippen molar-refractivity contribution in [1.29, 1.82) is 0 Å². The van der Waals surface area contributed by atoms with Gasteiger partial charge in [0.05, 0.1) is 0 Å². The summed E-state index contributed by atoms with van der Waals surface area (Å²) in [7, 11) is 0. The SMILES string of the molecule is O=C(O)CCCCCCCCC[13CH2][13CH]1CCCCCC1. The average Bonchev–Trinajstić information content (AvgIpc) is 2.69. The number of carboxylic acids is 1. The Balaban J connectivity index is 1.79. The zero-order chi connectivity index (χ0) is 14.5. The minimum atomic E-state index is -0.650. The molecular formula is C18H34O2. The molecule has 20 heavy (non-hydrogen) atoms. The third kappa shape index (κ3) is 10.3. The van der Waals surface area contributed by atoms with Crippen LogP contribution in [0, 0.1) is 5.92 Å². The van der Waals surface area contributed by atoms with Gasteiger partial charge >= 0.3 is 5.97 Å². The highest BCUT2D eigenvalue weighted by Gasteiger charge is 2.11. The van der Waals surface area contributed by atoms with Gasteiger partial charge in [-0.15, -0.1) is 0 Å². The average molecular weight is 284 g/mol. The molecule has 2 nitrogen and oxygen atoms in total. The van der Waals surface area contributed by atoms with E-state index in [-0.39, 0.29) is 0 Å². The Morgan fingerprint density at radius 3 is 1.80 bits per heavy atom. The molecule has 1 N–H and O–H groups in total. The standard InChI is InChI=1S/C18H34O2/c19-18(20)16-12-6-4-2-1-3-5-9-13-17-14-10-7-8-11-15-17/h17H,1-16H2,(H,19,20)/i13+1,17+1. The van der Waals surface area contributed by atoms with Crippen molar-refractivity contribution < 1.29 is 9.90 Å². The summed E-state index contributed by atoms with van der Waals surface area (Å²) in [5, 5.41) is 8.54. The lowest BCUT2D eigenvalue weighted by molar-refractivity contribution is -0.137. The van der Waals surface area contributed by atoms with Crippen molar-refractivity contribution in [3.05, 3.63) is 0 Å². The molecule has 2 heteroatoms. The molecule has 0 aliphatic heterocycles. The molecule has 118 valence electrons. The van der Waals surface area contributed by atoms with Gasteiger partial charge in [-0.1, -0.05) is 89.9 Å². The van der Waals surface area contributed by atoms with Crippen LogP contribution in [0.25, 0.3) is 0 Å². The number of carbonyl (C=O) groups is 1. The van der Waals surface area contributed by atoms with Crippen LogP contribution < -0.4 is 0 Å².